The summed E-state index contributed by atoms with van der Waals surface area (Å²) in [6.45, 7) is 18.3. The van der Waals surface area contributed by atoms with Crippen molar-refractivity contribution in [2.24, 2.45) is 0 Å². The van der Waals surface area contributed by atoms with E-state index in [4.69, 9.17) is 0 Å². The zero-order valence-electron chi connectivity index (χ0n) is 25.3. The fourth-order valence-corrected chi connectivity index (χ4v) is 9.66. The van der Waals surface area contributed by atoms with Crippen molar-refractivity contribution in [3.63, 3.8) is 0 Å². The van der Waals surface area contributed by atoms with E-state index in [9.17, 15) is 0 Å². The van der Waals surface area contributed by atoms with Crippen molar-refractivity contribution in [3.05, 3.63) is 111 Å². The number of aryl methyl sites for hydroxylation is 5. The SMILES string of the molecule is CCCCc1ccc(-c2c(C)c(C)c(C)[c-]2C[SiH](c2cc(C)cc(C)c2)c2cc(C)cc(C)c2)cc1.[Cl-].[Cl-].[Cl-].[Ti+4]. The van der Waals surface area contributed by atoms with E-state index in [1.807, 2.05) is 0 Å². The largest absolute Gasteiger partial charge is 4.00 e. The molecule has 212 valence electrons. The molecule has 0 N–H and O–H groups in total. The van der Waals surface area contributed by atoms with E-state index >= 15 is 0 Å². The number of unbranched alkanes of at least 4 members (excludes halogenated alkanes) is 1. The van der Waals surface area contributed by atoms with Crippen LogP contribution in [0.3, 0.4) is 0 Å². The van der Waals surface area contributed by atoms with E-state index in [0.717, 1.165) is 6.04 Å². The Balaban J connectivity index is 0.00000380. The molecule has 0 spiro atoms. The molecule has 0 heterocycles. The minimum absolute atomic E-state index is 0. The van der Waals surface area contributed by atoms with Gasteiger partial charge in [-0.25, -0.2) is 0 Å². The first-order valence-electron chi connectivity index (χ1n) is 13.7. The summed E-state index contributed by atoms with van der Waals surface area (Å²) in [5, 5.41) is 3.13. The van der Waals surface area contributed by atoms with Gasteiger partial charge in [-0.2, -0.15) is 11.1 Å². The average Bonchev–Trinajstić information content (AvgIpc) is 3.03. The van der Waals surface area contributed by atoms with Crippen molar-refractivity contribution in [2.75, 3.05) is 0 Å². The van der Waals surface area contributed by atoms with Crippen LogP contribution in [0.4, 0.5) is 0 Å². The number of hydrogen-bond donors (Lipinski definition) is 0. The van der Waals surface area contributed by atoms with Crippen molar-refractivity contribution >= 4 is 19.2 Å². The molecular formula is C35H43Cl3SiTi. The van der Waals surface area contributed by atoms with Crippen LogP contribution < -0.4 is 47.6 Å². The van der Waals surface area contributed by atoms with Crippen LogP contribution in [0.5, 0.6) is 0 Å². The molecule has 0 radical (unpaired) electrons. The molecule has 4 aromatic carbocycles. The Morgan fingerprint density at radius 2 is 1.07 bits per heavy atom. The third kappa shape index (κ3) is 8.90. The maximum Gasteiger partial charge on any atom is 4.00 e. The molecule has 0 nitrogen and oxygen atoms in total. The normalized spacial score (nSPS) is 10.3. The number of hydrogen-bond acceptors (Lipinski definition) is 0. The first-order chi connectivity index (χ1) is 17.2. The maximum absolute atomic E-state index is 2.46. The van der Waals surface area contributed by atoms with Gasteiger partial charge in [0.2, 0.25) is 0 Å². The number of halogens is 3. The topological polar surface area (TPSA) is 0 Å². The van der Waals surface area contributed by atoms with Gasteiger partial charge in [0.25, 0.3) is 0 Å². The van der Waals surface area contributed by atoms with Gasteiger partial charge in [0.1, 0.15) is 0 Å². The molecule has 0 aliphatic rings. The van der Waals surface area contributed by atoms with Gasteiger partial charge in [-0.3, -0.25) is 0 Å². The minimum atomic E-state index is -1.50. The van der Waals surface area contributed by atoms with Gasteiger partial charge in [0, 0.05) is 0 Å². The Morgan fingerprint density at radius 1 is 0.625 bits per heavy atom. The standard InChI is InChI=1S/C35H43Si.3ClH.Ti/c1-9-10-11-30-12-14-31(15-13-30)35-29(8)27(6)28(7)34(35)22-36(32-18-23(2)16-24(3)19-32)33-20-25(4)17-26(5)21-33;;;;/h12-21,36H,9-11,22H2,1-8H3;3*1H;/q-1;;;;+4/p-3. The molecule has 0 aliphatic carbocycles. The van der Waals surface area contributed by atoms with Crippen LogP contribution in [-0.4, -0.2) is 8.80 Å². The zero-order chi connectivity index (χ0) is 26.0. The van der Waals surface area contributed by atoms with Crippen LogP contribution in [0.15, 0.2) is 60.7 Å². The van der Waals surface area contributed by atoms with Gasteiger partial charge in [-0.05, 0) is 46.1 Å². The summed E-state index contributed by atoms with van der Waals surface area (Å²) in [6, 6.07) is 25.1. The fraction of sp³-hybridized carbons (Fsp3) is 0.343. The molecule has 0 saturated heterocycles. The van der Waals surface area contributed by atoms with Crippen LogP contribution in [0, 0.1) is 48.5 Å². The molecule has 0 unspecified atom stereocenters. The molecule has 0 fully saturated rings. The minimum Gasteiger partial charge on any atom is -1.00 e. The Labute approximate surface area is 278 Å². The Hall–Kier alpha value is -1.19. The predicted octanol–water partition coefficient (Wildman–Crippen LogP) is -1.29. The quantitative estimate of drug-likeness (QED) is 0.165. The molecule has 5 heteroatoms. The Morgan fingerprint density at radius 3 is 1.50 bits per heavy atom. The van der Waals surface area contributed by atoms with E-state index in [1.54, 1.807) is 15.9 Å². The van der Waals surface area contributed by atoms with Gasteiger partial charge in [0.15, 0.2) is 0 Å². The van der Waals surface area contributed by atoms with Crippen LogP contribution in [0.2, 0.25) is 0 Å². The van der Waals surface area contributed by atoms with Crippen LogP contribution in [-0.2, 0) is 34.2 Å². The van der Waals surface area contributed by atoms with Crippen molar-refractivity contribution in [1.82, 2.24) is 0 Å². The Kier molecular flexibility index (Phi) is 16.5. The molecule has 0 saturated carbocycles. The smallest absolute Gasteiger partial charge is 1.00 e. The van der Waals surface area contributed by atoms with Gasteiger partial charge < -0.3 is 37.2 Å². The van der Waals surface area contributed by atoms with Crippen molar-refractivity contribution in [3.8, 4) is 11.1 Å². The molecule has 40 heavy (non-hydrogen) atoms. The second-order valence-electron chi connectivity index (χ2n) is 11.1. The monoisotopic (exact) mass is 644 g/mol. The second-order valence-corrected chi connectivity index (χ2v) is 14.0. The summed E-state index contributed by atoms with van der Waals surface area (Å²) in [5.74, 6) is 0. The molecule has 0 bridgehead atoms. The van der Waals surface area contributed by atoms with Gasteiger partial charge >= 0.3 is 21.7 Å². The van der Waals surface area contributed by atoms with Crippen molar-refractivity contribution < 1.29 is 58.9 Å². The third-order valence-electron chi connectivity index (χ3n) is 8.02. The molecule has 0 aromatic heterocycles. The third-order valence-corrected chi connectivity index (χ3v) is 11.1. The van der Waals surface area contributed by atoms with Crippen LogP contribution in [0.25, 0.3) is 11.1 Å². The number of rotatable bonds is 8. The summed E-state index contributed by atoms with van der Waals surface area (Å²) in [4.78, 5) is 0. The van der Waals surface area contributed by atoms with Crippen LogP contribution in [0.1, 0.15) is 69.8 Å². The van der Waals surface area contributed by atoms with E-state index in [0.29, 0.717) is 0 Å². The average molecular weight is 646 g/mol. The molecule has 4 aromatic rings. The van der Waals surface area contributed by atoms with Crippen molar-refractivity contribution in [1.29, 1.82) is 0 Å². The summed E-state index contributed by atoms with van der Waals surface area (Å²) >= 11 is 0. The summed E-state index contributed by atoms with van der Waals surface area (Å²) in [7, 11) is -1.50. The predicted molar refractivity (Wildman–Crippen MR) is 162 cm³/mol. The first kappa shape index (κ1) is 38.8. The van der Waals surface area contributed by atoms with Crippen molar-refractivity contribution in [2.45, 2.75) is 80.7 Å². The second kappa shape index (κ2) is 17.1. The molecule has 0 aliphatic heterocycles. The maximum atomic E-state index is 2.46. The van der Waals surface area contributed by atoms with E-state index in [-0.39, 0.29) is 58.9 Å². The summed E-state index contributed by atoms with van der Waals surface area (Å²) < 4.78 is 0. The molecule has 4 rings (SSSR count). The zero-order valence-corrected chi connectivity index (χ0v) is 30.3. The fourth-order valence-electron chi connectivity index (χ4n) is 6.03. The first-order valence-corrected chi connectivity index (χ1v) is 15.7. The molecule has 0 amide bonds. The van der Waals surface area contributed by atoms with Gasteiger partial charge in [0.05, 0.1) is 8.80 Å². The van der Waals surface area contributed by atoms with Crippen LogP contribution >= 0.6 is 0 Å². The molecule has 0 atom stereocenters. The Bertz CT molecular complexity index is 1280. The van der Waals surface area contributed by atoms with Gasteiger partial charge in [-0.15, -0.1) is 16.7 Å². The van der Waals surface area contributed by atoms with E-state index < -0.39 is 8.80 Å². The van der Waals surface area contributed by atoms with Gasteiger partial charge in [-0.1, -0.05) is 139 Å². The van der Waals surface area contributed by atoms with E-state index in [1.165, 1.54) is 74.9 Å². The summed E-state index contributed by atoms with van der Waals surface area (Å²) in [5.41, 5.74) is 15.8. The van der Waals surface area contributed by atoms with E-state index in [2.05, 4.69) is 116 Å². The summed E-state index contributed by atoms with van der Waals surface area (Å²) in [6.07, 6.45) is 3.68. The number of benzene rings is 3. The molecular weight excluding hydrogens is 603 g/mol.